The summed E-state index contributed by atoms with van der Waals surface area (Å²) in [5.41, 5.74) is 6.11. The molecule has 0 saturated heterocycles. The molecule has 4 rings (SSSR count). The Morgan fingerprint density at radius 1 is 0.900 bits per heavy atom. The summed E-state index contributed by atoms with van der Waals surface area (Å²) in [7, 11) is 0. The van der Waals surface area contributed by atoms with Crippen molar-refractivity contribution >= 4 is 23.7 Å². The smallest absolute Gasteiger partial charge is 0.238 e. The first-order valence-corrected chi connectivity index (χ1v) is 9.93. The Hall–Kier alpha value is -3.61. The molecule has 0 aliphatic heterocycles. The van der Waals surface area contributed by atoms with Gasteiger partial charge < -0.3 is 4.42 Å². The van der Waals surface area contributed by atoms with Crippen molar-refractivity contribution < 1.29 is 4.42 Å². The van der Waals surface area contributed by atoms with Crippen molar-refractivity contribution in [1.82, 2.24) is 0 Å². The summed E-state index contributed by atoms with van der Waals surface area (Å²) in [5, 5.41) is 10.6. The van der Waals surface area contributed by atoms with E-state index in [9.17, 15) is 5.26 Å². The van der Waals surface area contributed by atoms with E-state index in [1.165, 1.54) is 0 Å². The fourth-order valence-corrected chi connectivity index (χ4v) is 3.44. The van der Waals surface area contributed by atoms with Crippen LogP contribution in [0.3, 0.4) is 0 Å². The predicted molar refractivity (Wildman–Crippen MR) is 122 cm³/mol. The quantitative estimate of drug-likeness (QED) is 0.327. The molecule has 0 saturated carbocycles. The Morgan fingerprint density at radius 3 is 2.13 bits per heavy atom. The minimum Gasteiger partial charge on any atom is -0.436 e. The lowest BCUT2D eigenvalue weighted by Gasteiger charge is -2.05. The Labute approximate surface area is 180 Å². The van der Waals surface area contributed by atoms with Crippen molar-refractivity contribution in [3.63, 3.8) is 0 Å². The van der Waals surface area contributed by atoms with E-state index < -0.39 is 0 Å². The van der Waals surface area contributed by atoms with Gasteiger partial charge in [0.2, 0.25) is 5.88 Å². The van der Waals surface area contributed by atoms with Crippen LogP contribution in [-0.2, 0) is 0 Å². The summed E-state index contributed by atoms with van der Waals surface area (Å²) in [4.78, 5) is 4.48. The molecule has 0 unspecified atom stereocenters. The number of rotatable bonds is 4. The average Bonchev–Trinajstić information content (AvgIpc) is 3.12. The summed E-state index contributed by atoms with van der Waals surface area (Å²) in [6.07, 6.45) is 1.66. The van der Waals surface area contributed by atoms with Gasteiger partial charge in [-0.05, 0) is 37.1 Å². The van der Waals surface area contributed by atoms with Gasteiger partial charge in [0.25, 0.3) is 0 Å². The van der Waals surface area contributed by atoms with Crippen LogP contribution in [0.1, 0.15) is 22.3 Å². The van der Waals surface area contributed by atoms with Crippen molar-refractivity contribution in [3.05, 3.63) is 100 Å². The van der Waals surface area contributed by atoms with Gasteiger partial charge in [-0.2, -0.15) is 5.26 Å². The normalized spacial score (nSPS) is 11.0. The number of nitrogens with zero attached hydrogens (tertiary/aromatic N) is 2. The lowest BCUT2D eigenvalue weighted by atomic mass is 9.97. The Bertz CT molecular complexity index is 1260. The number of aliphatic imine (C=N–C) groups is 1. The molecule has 1 aromatic heterocycles. The molecule has 0 bridgehead atoms. The van der Waals surface area contributed by atoms with Crippen molar-refractivity contribution in [3.8, 4) is 28.5 Å². The number of furan rings is 1. The molecule has 0 spiro atoms. The van der Waals surface area contributed by atoms with Gasteiger partial charge >= 0.3 is 0 Å². The molecule has 0 N–H and O–H groups in total. The molecule has 3 nitrogen and oxygen atoms in total. The third kappa shape index (κ3) is 4.05. The highest BCUT2D eigenvalue weighted by Gasteiger charge is 2.22. The molecular weight excluding hydrogens is 392 g/mol. The van der Waals surface area contributed by atoms with E-state index in [1.54, 1.807) is 12.3 Å². The monoisotopic (exact) mass is 410 g/mol. The Balaban J connectivity index is 1.89. The maximum atomic E-state index is 9.96. The van der Waals surface area contributed by atoms with Crippen LogP contribution in [0.2, 0.25) is 5.02 Å². The van der Waals surface area contributed by atoms with Crippen LogP contribution in [0.5, 0.6) is 0 Å². The van der Waals surface area contributed by atoms with Crippen LogP contribution >= 0.6 is 11.6 Å². The molecule has 3 aromatic carbocycles. The molecule has 0 amide bonds. The molecule has 4 heteroatoms. The highest BCUT2D eigenvalue weighted by molar-refractivity contribution is 6.30. The first kappa shape index (κ1) is 19.7. The van der Waals surface area contributed by atoms with Crippen LogP contribution < -0.4 is 0 Å². The molecule has 146 valence electrons. The molecule has 0 radical (unpaired) electrons. The second kappa shape index (κ2) is 8.41. The lowest BCUT2D eigenvalue weighted by Crippen LogP contribution is -1.85. The van der Waals surface area contributed by atoms with Gasteiger partial charge in [-0.15, -0.1) is 0 Å². The zero-order valence-electron chi connectivity index (χ0n) is 16.7. The van der Waals surface area contributed by atoms with E-state index in [1.807, 2.05) is 80.6 Å². The summed E-state index contributed by atoms with van der Waals surface area (Å²) in [6.45, 7) is 4.07. The molecular formula is C26H19ClN2O. The van der Waals surface area contributed by atoms with E-state index in [4.69, 9.17) is 16.0 Å². The standard InChI is InChI=1S/C26H19ClN2O/c1-17-6-10-20(11-7-17)24-23(15-28)26(29-16-19-4-3-5-22(27)14-19)30-25(24)21-12-8-18(2)9-13-21/h3-14,16H,1-2H3. The Morgan fingerprint density at radius 2 is 1.53 bits per heavy atom. The van der Waals surface area contributed by atoms with Gasteiger partial charge in [0.1, 0.15) is 17.4 Å². The fourth-order valence-electron chi connectivity index (χ4n) is 3.24. The van der Waals surface area contributed by atoms with Gasteiger partial charge in [0.05, 0.1) is 0 Å². The third-order valence-corrected chi connectivity index (χ3v) is 5.07. The zero-order valence-corrected chi connectivity index (χ0v) is 17.4. The summed E-state index contributed by atoms with van der Waals surface area (Å²) in [6, 6.07) is 25.8. The second-order valence-electron chi connectivity index (χ2n) is 7.14. The molecule has 4 aromatic rings. The van der Waals surface area contributed by atoms with Crippen molar-refractivity contribution in [2.75, 3.05) is 0 Å². The number of aryl methyl sites for hydroxylation is 2. The predicted octanol–water partition coefficient (Wildman–Crippen LogP) is 7.51. The maximum Gasteiger partial charge on any atom is 0.238 e. The highest BCUT2D eigenvalue weighted by atomic mass is 35.5. The third-order valence-electron chi connectivity index (χ3n) is 4.84. The summed E-state index contributed by atoms with van der Waals surface area (Å²) >= 11 is 6.06. The van der Waals surface area contributed by atoms with Crippen molar-refractivity contribution in [2.24, 2.45) is 4.99 Å². The largest absolute Gasteiger partial charge is 0.436 e. The first-order valence-electron chi connectivity index (χ1n) is 9.56. The van der Waals surface area contributed by atoms with Crippen LogP contribution in [0.25, 0.3) is 22.5 Å². The molecule has 30 heavy (non-hydrogen) atoms. The zero-order chi connectivity index (χ0) is 21.1. The molecule has 0 fully saturated rings. The molecule has 1 heterocycles. The van der Waals surface area contributed by atoms with Gasteiger partial charge in [-0.25, -0.2) is 4.99 Å². The topological polar surface area (TPSA) is 49.3 Å². The van der Waals surface area contributed by atoms with Crippen LogP contribution in [0.15, 0.2) is 82.2 Å². The number of benzene rings is 3. The minimum atomic E-state index is 0.281. The van der Waals surface area contributed by atoms with Crippen LogP contribution in [-0.4, -0.2) is 6.21 Å². The SMILES string of the molecule is Cc1ccc(-c2oc(N=Cc3cccc(Cl)c3)c(C#N)c2-c2ccc(C)cc2)cc1. The second-order valence-corrected chi connectivity index (χ2v) is 7.58. The number of nitriles is 1. The van der Waals surface area contributed by atoms with Gasteiger partial charge in [0, 0.05) is 22.4 Å². The number of hydrogen-bond acceptors (Lipinski definition) is 3. The average molecular weight is 411 g/mol. The fraction of sp³-hybridized carbons (Fsp3) is 0.0769. The van der Waals surface area contributed by atoms with Crippen molar-refractivity contribution in [2.45, 2.75) is 13.8 Å². The van der Waals surface area contributed by atoms with Crippen molar-refractivity contribution in [1.29, 1.82) is 5.26 Å². The molecule has 0 aliphatic rings. The van der Waals surface area contributed by atoms with E-state index in [0.29, 0.717) is 16.3 Å². The first-order chi connectivity index (χ1) is 14.5. The van der Waals surface area contributed by atoms with Gasteiger partial charge in [0.15, 0.2) is 0 Å². The van der Waals surface area contributed by atoms with E-state index >= 15 is 0 Å². The van der Waals surface area contributed by atoms with Crippen LogP contribution in [0, 0.1) is 25.2 Å². The molecule has 0 atom stereocenters. The van der Waals surface area contributed by atoms with Crippen LogP contribution in [0.4, 0.5) is 5.88 Å². The lowest BCUT2D eigenvalue weighted by molar-refractivity contribution is 0.593. The van der Waals surface area contributed by atoms with E-state index in [0.717, 1.165) is 33.4 Å². The van der Waals surface area contributed by atoms with E-state index in [2.05, 4.69) is 11.1 Å². The highest BCUT2D eigenvalue weighted by Crippen LogP contribution is 2.42. The maximum absolute atomic E-state index is 9.96. The summed E-state index contributed by atoms with van der Waals surface area (Å²) in [5.74, 6) is 0.914. The van der Waals surface area contributed by atoms with Gasteiger partial charge in [-0.1, -0.05) is 83.4 Å². The summed E-state index contributed by atoms with van der Waals surface area (Å²) < 4.78 is 6.15. The van der Waals surface area contributed by atoms with E-state index in [-0.39, 0.29) is 5.88 Å². The minimum absolute atomic E-state index is 0.281. The number of hydrogen-bond donors (Lipinski definition) is 0. The molecule has 0 aliphatic carbocycles. The number of halogens is 1. The Kier molecular flexibility index (Phi) is 5.52. The van der Waals surface area contributed by atoms with Gasteiger partial charge in [-0.3, -0.25) is 0 Å².